The first-order valence-electron chi connectivity index (χ1n) is 5.85. The molecular formula is C12H22N2. The first-order valence-corrected chi connectivity index (χ1v) is 5.85. The Kier molecular flexibility index (Phi) is 2.93. The lowest BCUT2D eigenvalue weighted by atomic mass is 10.0. The summed E-state index contributed by atoms with van der Waals surface area (Å²) in [5.74, 6) is 0. The Hall–Kier alpha value is -0.340. The third kappa shape index (κ3) is 2.18. The van der Waals surface area contributed by atoms with Gasteiger partial charge in [-0.15, -0.1) is 0 Å². The van der Waals surface area contributed by atoms with Crippen LogP contribution in [-0.4, -0.2) is 26.2 Å². The van der Waals surface area contributed by atoms with E-state index in [9.17, 15) is 0 Å². The van der Waals surface area contributed by atoms with Crippen LogP contribution in [0.15, 0.2) is 11.1 Å². The molecule has 1 aliphatic carbocycles. The minimum atomic E-state index is 0.683. The maximum atomic E-state index is 3.60. The highest BCUT2D eigenvalue weighted by Gasteiger charge is 2.39. The van der Waals surface area contributed by atoms with Crippen LogP contribution in [0.5, 0.6) is 0 Å². The summed E-state index contributed by atoms with van der Waals surface area (Å²) in [5, 5.41) is 6.89. The monoisotopic (exact) mass is 194 g/mol. The third-order valence-corrected chi connectivity index (χ3v) is 3.88. The lowest BCUT2D eigenvalue weighted by Gasteiger charge is -2.23. The van der Waals surface area contributed by atoms with Gasteiger partial charge in [-0.1, -0.05) is 12.5 Å². The highest BCUT2D eigenvalue weighted by atomic mass is 14.9. The van der Waals surface area contributed by atoms with E-state index >= 15 is 0 Å². The van der Waals surface area contributed by atoms with E-state index in [1.807, 2.05) is 0 Å². The zero-order valence-corrected chi connectivity index (χ0v) is 9.45. The van der Waals surface area contributed by atoms with Crippen molar-refractivity contribution in [2.45, 2.75) is 33.1 Å². The van der Waals surface area contributed by atoms with Crippen molar-refractivity contribution in [1.29, 1.82) is 0 Å². The predicted molar refractivity (Wildman–Crippen MR) is 60.4 cm³/mol. The van der Waals surface area contributed by atoms with Gasteiger partial charge in [0.1, 0.15) is 0 Å². The first kappa shape index (κ1) is 10.2. The largest absolute Gasteiger partial charge is 0.312 e. The van der Waals surface area contributed by atoms with Crippen LogP contribution in [0.3, 0.4) is 0 Å². The fraction of sp³-hybridized carbons (Fsp3) is 0.833. The third-order valence-electron chi connectivity index (χ3n) is 3.88. The van der Waals surface area contributed by atoms with Gasteiger partial charge in [0.25, 0.3) is 0 Å². The summed E-state index contributed by atoms with van der Waals surface area (Å²) < 4.78 is 0. The van der Waals surface area contributed by atoms with Crippen molar-refractivity contribution >= 4 is 0 Å². The average molecular weight is 194 g/mol. The normalized spacial score (nSPS) is 23.1. The molecule has 0 aromatic heterocycles. The molecule has 1 saturated carbocycles. The Labute approximate surface area is 87.2 Å². The highest BCUT2D eigenvalue weighted by Crippen LogP contribution is 2.47. The van der Waals surface area contributed by atoms with Crippen molar-refractivity contribution < 1.29 is 0 Å². The molecule has 80 valence electrons. The van der Waals surface area contributed by atoms with Crippen LogP contribution in [0, 0.1) is 5.41 Å². The molecule has 2 heteroatoms. The molecule has 14 heavy (non-hydrogen) atoms. The zero-order valence-electron chi connectivity index (χ0n) is 9.45. The van der Waals surface area contributed by atoms with E-state index in [2.05, 4.69) is 24.5 Å². The zero-order chi connectivity index (χ0) is 10.0. The van der Waals surface area contributed by atoms with Crippen molar-refractivity contribution in [3.63, 3.8) is 0 Å². The highest BCUT2D eigenvalue weighted by molar-refractivity contribution is 5.22. The summed E-state index contributed by atoms with van der Waals surface area (Å²) in [7, 11) is 0. The second-order valence-electron chi connectivity index (χ2n) is 4.94. The molecule has 2 N–H and O–H groups in total. The summed E-state index contributed by atoms with van der Waals surface area (Å²) in [4.78, 5) is 0. The first-order chi connectivity index (χ1) is 6.76. The maximum absolute atomic E-state index is 3.60. The van der Waals surface area contributed by atoms with Gasteiger partial charge in [-0.25, -0.2) is 0 Å². The van der Waals surface area contributed by atoms with E-state index in [0.29, 0.717) is 5.41 Å². The molecule has 0 spiro atoms. The summed E-state index contributed by atoms with van der Waals surface area (Å²) in [5.41, 5.74) is 3.84. The van der Waals surface area contributed by atoms with Crippen LogP contribution in [0.25, 0.3) is 0 Å². The topological polar surface area (TPSA) is 24.1 Å². The van der Waals surface area contributed by atoms with E-state index < -0.39 is 0 Å². The van der Waals surface area contributed by atoms with Crippen LogP contribution < -0.4 is 10.6 Å². The van der Waals surface area contributed by atoms with Crippen LogP contribution in [0.4, 0.5) is 0 Å². The molecule has 2 nitrogen and oxygen atoms in total. The summed E-state index contributed by atoms with van der Waals surface area (Å²) in [6.07, 6.45) is 4.22. The number of hydrogen-bond donors (Lipinski definition) is 2. The van der Waals surface area contributed by atoms with E-state index in [1.165, 1.54) is 25.8 Å². The molecule has 0 radical (unpaired) electrons. The van der Waals surface area contributed by atoms with Gasteiger partial charge in [0.15, 0.2) is 0 Å². The van der Waals surface area contributed by atoms with Gasteiger partial charge in [-0.3, -0.25) is 0 Å². The van der Waals surface area contributed by atoms with Crippen molar-refractivity contribution in [1.82, 2.24) is 10.6 Å². The molecule has 0 bridgehead atoms. The van der Waals surface area contributed by atoms with E-state index in [-0.39, 0.29) is 0 Å². The number of nitrogens with one attached hydrogen (secondary N) is 2. The standard InChI is InChI=1S/C12H22N2/c1-3-12(4-5-12)9-14-6-10(2)11-7-13-8-11/h13-14H,3-9H2,1-2H3. The Morgan fingerprint density at radius 2 is 2.14 bits per heavy atom. The van der Waals surface area contributed by atoms with Gasteiger partial charge in [0.05, 0.1) is 0 Å². The van der Waals surface area contributed by atoms with Gasteiger partial charge in [-0.05, 0) is 37.2 Å². The van der Waals surface area contributed by atoms with Crippen LogP contribution >= 0.6 is 0 Å². The Balaban J connectivity index is 1.67. The lowest BCUT2D eigenvalue weighted by molar-refractivity contribution is 0.452. The molecule has 0 atom stereocenters. The molecule has 1 aliphatic heterocycles. The second-order valence-corrected chi connectivity index (χ2v) is 4.94. The maximum Gasteiger partial charge on any atom is 0.0183 e. The molecule has 1 saturated heterocycles. The molecule has 2 rings (SSSR count). The smallest absolute Gasteiger partial charge is 0.0183 e. The summed E-state index contributed by atoms with van der Waals surface area (Å²) in [6.45, 7) is 9.13. The van der Waals surface area contributed by atoms with Gasteiger partial charge < -0.3 is 10.6 Å². The Morgan fingerprint density at radius 3 is 2.57 bits per heavy atom. The summed E-state index contributed by atoms with van der Waals surface area (Å²) in [6, 6.07) is 0. The van der Waals surface area contributed by atoms with Gasteiger partial charge in [0, 0.05) is 26.2 Å². The van der Waals surface area contributed by atoms with Crippen LogP contribution in [-0.2, 0) is 0 Å². The molecule has 0 aromatic carbocycles. The van der Waals surface area contributed by atoms with Crippen molar-refractivity contribution in [2.75, 3.05) is 26.2 Å². The van der Waals surface area contributed by atoms with E-state index in [1.54, 1.807) is 11.1 Å². The van der Waals surface area contributed by atoms with Crippen molar-refractivity contribution in [3.8, 4) is 0 Å². The predicted octanol–water partition coefficient (Wildman–Crippen LogP) is 1.69. The van der Waals surface area contributed by atoms with Crippen molar-refractivity contribution in [3.05, 3.63) is 11.1 Å². The molecule has 2 aliphatic rings. The van der Waals surface area contributed by atoms with E-state index in [4.69, 9.17) is 0 Å². The van der Waals surface area contributed by atoms with Gasteiger partial charge >= 0.3 is 0 Å². The molecule has 2 fully saturated rings. The van der Waals surface area contributed by atoms with Gasteiger partial charge in [-0.2, -0.15) is 0 Å². The SMILES string of the molecule is CCC1(CNCC(C)=C2CNC2)CC1. The second kappa shape index (κ2) is 4.03. The lowest BCUT2D eigenvalue weighted by Crippen LogP contribution is -2.36. The quantitative estimate of drug-likeness (QED) is 0.651. The molecule has 0 amide bonds. The number of hydrogen-bond acceptors (Lipinski definition) is 2. The van der Waals surface area contributed by atoms with Crippen LogP contribution in [0.2, 0.25) is 0 Å². The average Bonchev–Trinajstić information content (AvgIpc) is 2.82. The Bertz CT molecular complexity index is 233. The number of rotatable bonds is 5. The van der Waals surface area contributed by atoms with Gasteiger partial charge in [0.2, 0.25) is 0 Å². The van der Waals surface area contributed by atoms with Crippen molar-refractivity contribution in [2.24, 2.45) is 5.41 Å². The van der Waals surface area contributed by atoms with E-state index in [0.717, 1.165) is 19.6 Å². The molecule has 0 unspecified atom stereocenters. The molecule has 1 heterocycles. The fourth-order valence-electron chi connectivity index (χ4n) is 2.02. The molecule has 0 aromatic rings. The van der Waals surface area contributed by atoms with Crippen LogP contribution in [0.1, 0.15) is 33.1 Å². The molecular weight excluding hydrogens is 172 g/mol. The minimum absolute atomic E-state index is 0.683. The fourth-order valence-corrected chi connectivity index (χ4v) is 2.02. The minimum Gasteiger partial charge on any atom is -0.312 e. The summed E-state index contributed by atoms with van der Waals surface area (Å²) >= 11 is 0. The Morgan fingerprint density at radius 1 is 1.43 bits per heavy atom.